The molecular weight excluding hydrogens is 183 g/mol. The molecule has 14 heavy (non-hydrogen) atoms. The molecule has 0 bridgehead atoms. The second kappa shape index (κ2) is 3.58. The highest BCUT2D eigenvalue weighted by molar-refractivity contribution is 5.29. The van der Waals surface area contributed by atoms with E-state index in [4.69, 9.17) is 9.84 Å². The first-order chi connectivity index (χ1) is 6.65. The van der Waals surface area contributed by atoms with E-state index in [0.29, 0.717) is 18.6 Å². The van der Waals surface area contributed by atoms with E-state index in [-0.39, 0.29) is 18.0 Å². The van der Waals surface area contributed by atoms with Crippen LogP contribution in [-0.4, -0.2) is 17.3 Å². The van der Waals surface area contributed by atoms with Crippen LogP contribution >= 0.6 is 0 Å². The first kappa shape index (κ1) is 9.46. The van der Waals surface area contributed by atoms with Crippen LogP contribution in [0.1, 0.15) is 18.4 Å². The van der Waals surface area contributed by atoms with Gasteiger partial charge in [-0.15, -0.1) is 0 Å². The van der Waals surface area contributed by atoms with Crippen molar-refractivity contribution in [3.8, 4) is 5.75 Å². The van der Waals surface area contributed by atoms with E-state index in [1.165, 1.54) is 6.07 Å². The zero-order chi connectivity index (χ0) is 10.1. The van der Waals surface area contributed by atoms with E-state index in [0.717, 1.165) is 5.56 Å². The van der Waals surface area contributed by atoms with Crippen LogP contribution in [0.25, 0.3) is 0 Å². The van der Waals surface area contributed by atoms with Crippen molar-refractivity contribution in [1.29, 1.82) is 0 Å². The molecule has 3 heteroatoms. The Balaban J connectivity index is 2.05. The summed E-state index contributed by atoms with van der Waals surface area (Å²) in [6, 6.07) is 4.79. The molecule has 0 heterocycles. The molecule has 76 valence electrons. The number of aliphatic hydroxyl groups excluding tert-OH is 1. The van der Waals surface area contributed by atoms with Crippen molar-refractivity contribution in [1.82, 2.24) is 0 Å². The van der Waals surface area contributed by atoms with E-state index in [1.54, 1.807) is 12.1 Å². The summed E-state index contributed by atoms with van der Waals surface area (Å²) in [5.74, 6) is -0.0427. The molecule has 2 rings (SSSR count). The molecule has 1 aromatic carbocycles. The molecule has 1 saturated carbocycles. The van der Waals surface area contributed by atoms with Gasteiger partial charge < -0.3 is 9.84 Å². The Morgan fingerprint density at radius 3 is 2.79 bits per heavy atom. The topological polar surface area (TPSA) is 29.5 Å². The van der Waals surface area contributed by atoms with Gasteiger partial charge >= 0.3 is 0 Å². The van der Waals surface area contributed by atoms with Crippen molar-refractivity contribution in [2.45, 2.75) is 32.0 Å². The highest BCUT2D eigenvalue weighted by Crippen LogP contribution is 2.27. The fourth-order valence-electron chi connectivity index (χ4n) is 1.51. The van der Waals surface area contributed by atoms with Gasteiger partial charge in [-0.3, -0.25) is 0 Å². The summed E-state index contributed by atoms with van der Waals surface area (Å²) < 4.78 is 18.6. The quantitative estimate of drug-likeness (QED) is 0.784. The van der Waals surface area contributed by atoms with Crippen LogP contribution in [0.4, 0.5) is 4.39 Å². The minimum absolute atomic E-state index is 0.0266. The SMILES string of the molecule is Cc1ccc(F)c(OC2CC(O)C2)c1. The Kier molecular flexibility index (Phi) is 2.42. The van der Waals surface area contributed by atoms with Gasteiger partial charge in [0.2, 0.25) is 0 Å². The van der Waals surface area contributed by atoms with Gasteiger partial charge in [0.1, 0.15) is 6.10 Å². The van der Waals surface area contributed by atoms with Crippen LogP contribution in [0.3, 0.4) is 0 Å². The Bertz CT molecular complexity index is 332. The Hall–Kier alpha value is -1.09. The maximum absolute atomic E-state index is 13.2. The summed E-state index contributed by atoms with van der Waals surface area (Å²) in [6.45, 7) is 1.89. The van der Waals surface area contributed by atoms with Gasteiger partial charge in [-0.05, 0) is 24.6 Å². The first-order valence-electron chi connectivity index (χ1n) is 4.76. The molecule has 0 aliphatic heterocycles. The average molecular weight is 196 g/mol. The number of hydrogen-bond acceptors (Lipinski definition) is 2. The lowest BCUT2D eigenvalue weighted by Gasteiger charge is -2.31. The summed E-state index contributed by atoms with van der Waals surface area (Å²) in [4.78, 5) is 0. The smallest absolute Gasteiger partial charge is 0.165 e. The molecule has 1 N–H and O–H groups in total. The van der Waals surface area contributed by atoms with Gasteiger partial charge in [0.15, 0.2) is 11.6 Å². The molecule has 1 aliphatic rings. The molecular formula is C11H13FO2. The van der Waals surface area contributed by atoms with Gasteiger partial charge in [0.25, 0.3) is 0 Å². The summed E-state index contributed by atoms with van der Waals surface area (Å²) in [5.41, 5.74) is 0.973. The van der Waals surface area contributed by atoms with Gasteiger partial charge in [-0.1, -0.05) is 6.07 Å². The molecule has 2 nitrogen and oxygen atoms in total. The second-order valence-electron chi connectivity index (χ2n) is 3.80. The highest BCUT2D eigenvalue weighted by Gasteiger charge is 2.29. The minimum atomic E-state index is -0.336. The number of aliphatic hydroxyl groups is 1. The van der Waals surface area contributed by atoms with Gasteiger partial charge in [0, 0.05) is 12.8 Å². The maximum atomic E-state index is 13.2. The summed E-state index contributed by atoms with van der Waals surface area (Å²) >= 11 is 0. The molecule has 0 aromatic heterocycles. The van der Waals surface area contributed by atoms with E-state index in [9.17, 15) is 4.39 Å². The maximum Gasteiger partial charge on any atom is 0.165 e. The molecule has 0 spiro atoms. The molecule has 1 aromatic rings. The molecule has 1 aliphatic carbocycles. The fraction of sp³-hybridized carbons (Fsp3) is 0.455. The predicted molar refractivity (Wildman–Crippen MR) is 50.8 cm³/mol. The normalized spacial score (nSPS) is 25.6. The van der Waals surface area contributed by atoms with Gasteiger partial charge in [-0.25, -0.2) is 4.39 Å². The average Bonchev–Trinajstić information content (AvgIpc) is 2.09. The number of rotatable bonds is 2. The molecule has 0 unspecified atom stereocenters. The third kappa shape index (κ3) is 1.87. The number of aryl methyl sites for hydroxylation is 1. The van der Waals surface area contributed by atoms with Crippen LogP contribution in [-0.2, 0) is 0 Å². The van der Waals surface area contributed by atoms with E-state index >= 15 is 0 Å². The number of ether oxygens (including phenoxy) is 1. The zero-order valence-electron chi connectivity index (χ0n) is 8.03. The largest absolute Gasteiger partial charge is 0.487 e. The Labute approximate surface area is 82.3 Å². The lowest BCUT2D eigenvalue weighted by molar-refractivity contribution is -0.0124. The number of halogens is 1. The van der Waals surface area contributed by atoms with Crippen LogP contribution in [0.5, 0.6) is 5.75 Å². The summed E-state index contributed by atoms with van der Waals surface area (Å²) in [5, 5.41) is 9.05. The van der Waals surface area contributed by atoms with Crippen molar-refractivity contribution >= 4 is 0 Å². The van der Waals surface area contributed by atoms with Crippen molar-refractivity contribution in [2.24, 2.45) is 0 Å². The Morgan fingerprint density at radius 1 is 1.43 bits per heavy atom. The van der Waals surface area contributed by atoms with Crippen molar-refractivity contribution in [2.75, 3.05) is 0 Å². The third-order valence-electron chi connectivity index (χ3n) is 2.45. The second-order valence-corrected chi connectivity index (χ2v) is 3.80. The molecule has 0 atom stereocenters. The molecule has 0 radical (unpaired) electrons. The van der Waals surface area contributed by atoms with Crippen LogP contribution in [0, 0.1) is 12.7 Å². The number of hydrogen-bond donors (Lipinski definition) is 1. The first-order valence-corrected chi connectivity index (χ1v) is 4.76. The van der Waals surface area contributed by atoms with Gasteiger partial charge in [-0.2, -0.15) is 0 Å². The zero-order valence-corrected chi connectivity index (χ0v) is 8.03. The lowest BCUT2D eigenvalue weighted by atomic mass is 9.92. The Morgan fingerprint density at radius 2 is 2.14 bits per heavy atom. The van der Waals surface area contributed by atoms with E-state index in [2.05, 4.69) is 0 Å². The third-order valence-corrected chi connectivity index (χ3v) is 2.45. The minimum Gasteiger partial charge on any atom is -0.487 e. The van der Waals surface area contributed by atoms with Crippen LogP contribution in [0.2, 0.25) is 0 Å². The summed E-state index contributed by atoms with van der Waals surface area (Å²) in [7, 11) is 0. The van der Waals surface area contributed by atoms with E-state index < -0.39 is 0 Å². The predicted octanol–water partition coefficient (Wildman–Crippen LogP) is 2.04. The van der Waals surface area contributed by atoms with E-state index in [1.807, 2.05) is 6.92 Å². The molecule has 0 amide bonds. The van der Waals surface area contributed by atoms with Crippen LogP contribution in [0.15, 0.2) is 18.2 Å². The fourth-order valence-corrected chi connectivity index (χ4v) is 1.51. The summed E-state index contributed by atoms with van der Waals surface area (Å²) in [6.07, 6.45) is 0.912. The van der Waals surface area contributed by atoms with Crippen molar-refractivity contribution < 1.29 is 14.2 Å². The lowest BCUT2D eigenvalue weighted by Crippen LogP contribution is -2.37. The van der Waals surface area contributed by atoms with Crippen LogP contribution < -0.4 is 4.74 Å². The molecule has 1 fully saturated rings. The standard InChI is InChI=1S/C11H13FO2/c1-7-2-3-10(12)11(4-7)14-9-5-8(13)6-9/h2-4,8-9,13H,5-6H2,1H3. The van der Waals surface area contributed by atoms with Crippen molar-refractivity contribution in [3.05, 3.63) is 29.6 Å². The van der Waals surface area contributed by atoms with Gasteiger partial charge in [0.05, 0.1) is 6.10 Å². The molecule has 0 saturated heterocycles. The number of benzene rings is 1. The van der Waals surface area contributed by atoms with Crippen molar-refractivity contribution in [3.63, 3.8) is 0 Å². The monoisotopic (exact) mass is 196 g/mol. The highest BCUT2D eigenvalue weighted by atomic mass is 19.1.